The molecule has 0 aromatic rings. The van der Waals surface area contributed by atoms with Crippen LogP contribution in [-0.2, 0) is 4.79 Å². The van der Waals surface area contributed by atoms with Crippen LogP contribution in [-0.4, -0.2) is 29.8 Å². The average Bonchev–Trinajstić information content (AvgIpc) is 2.35. The third-order valence-electron chi connectivity index (χ3n) is 3.03. The zero-order chi connectivity index (χ0) is 13.1. The van der Waals surface area contributed by atoms with Crippen LogP contribution in [0.1, 0.15) is 59.3 Å². The van der Waals surface area contributed by atoms with Crippen LogP contribution in [0.15, 0.2) is 0 Å². The Labute approximate surface area is 112 Å². The first-order chi connectivity index (χ1) is 8.17. The Morgan fingerprint density at radius 3 is 1.88 bits per heavy atom. The summed E-state index contributed by atoms with van der Waals surface area (Å²) in [6.07, 6.45) is 7.02. The molecule has 1 atom stereocenters. The lowest BCUT2D eigenvalue weighted by molar-refractivity contribution is -0.134. The molecule has 102 valence electrons. The molecule has 2 nitrogen and oxygen atoms in total. The van der Waals surface area contributed by atoms with Gasteiger partial charge in [-0.15, -0.1) is 11.6 Å². The number of halogens is 1. The number of carbonyl (C=O) groups is 1. The van der Waals surface area contributed by atoms with Gasteiger partial charge in [0.15, 0.2) is 0 Å². The molecule has 0 spiro atoms. The lowest BCUT2D eigenvalue weighted by Crippen LogP contribution is -2.37. The summed E-state index contributed by atoms with van der Waals surface area (Å²) in [5.41, 5.74) is 0. The molecule has 0 fully saturated rings. The number of rotatable bonds is 10. The first kappa shape index (κ1) is 16.8. The van der Waals surface area contributed by atoms with Crippen molar-refractivity contribution in [3.05, 3.63) is 0 Å². The van der Waals surface area contributed by atoms with E-state index in [0.29, 0.717) is 5.88 Å². The Hall–Kier alpha value is -0.240. The SMILES string of the molecule is CCCCCN(CCCCC)C(=O)C(C)CCl. The quantitative estimate of drug-likeness (QED) is 0.429. The third kappa shape index (κ3) is 7.64. The van der Waals surface area contributed by atoms with Gasteiger partial charge in [-0.1, -0.05) is 46.5 Å². The molecule has 0 aliphatic carbocycles. The van der Waals surface area contributed by atoms with Gasteiger partial charge in [0, 0.05) is 24.9 Å². The van der Waals surface area contributed by atoms with E-state index in [9.17, 15) is 4.79 Å². The Morgan fingerprint density at radius 1 is 1.06 bits per heavy atom. The zero-order valence-corrected chi connectivity index (χ0v) is 12.4. The Kier molecular flexibility index (Phi) is 10.7. The van der Waals surface area contributed by atoms with Crippen LogP contribution in [0, 0.1) is 5.92 Å². The monoisotopic (exact) mass is 261 g/mol. The van der Waals surface area contributed by atoms with E-state index in [1.807, 2.05) is 11.8 Å². The molecule has 0 rings (SSSR count). The summed E-state index contributed by atoms with van der Waals surface area (Å²) in [6, 6.07) is 0. The van der Waals surface area contributed by atoms with E-state index in [1.165, 1.54) is 25.7 Å². The molecule has 1 amide bonds. The van der Waals surface area contributed by atoms with Crippen molar-refractivity contribution in [3.8, 4) is 0 Å². The minimum Gasteiger partial charge on any atom is -0.342 e. The number of carbonyl (C=O) groups excluding carboxylic acids is 1. The number of hydrogen-bond acceptors (Lipinski definition) is 1. The Bertz CT molecular complexity index is 187. The highest BCUT2D eigenvalue weighted by Gasteiger charge is 2.18. The highest BCUT2D eigenvalue weighted by Crippen LogP contribution is 2.09. The fraction of sp³-hybridized carbons (Fsp3) is 0.929. The lowest BCUT2D eigenvalue weighted by Gasteiger charge is -2.25. The highest BCUT2D eigenvalue weighted by atomic mass is 35.5. The summed E-state index contributed by atoms with van der Waals surface area (Å²) in [6.45, 7) is 8.09. The fourth-order valence-corrected chi connectivity index (χ4v) is 1.95. The summed E-state index contributed by atoms with van der Waals surface area (Å²) < 4.78 is 0. The molecule has 0 N–H and O–H groups in total. The summed E-state index contributed by atoms with van der Waals surface area (Å²) >= 11 is 5.77. The summed E-state index contributed by atoms with van der Waals surface area (Å²) in [7, 11) is 0. The molecule has 3 heteroatoms. The third-order valence-corrected chi connectivity index (χ3v) is 3.49. The number of hydrogen-bond donors (Lipinski definition) is 0. The van der Waals surface area contributed by atoms with Gasteiger partial charge in [0.25, 0.3) is 0 Å². The van der Waals surface area contributed by atoms with Gasteiger partial charge in [0.2, 0.25) is 5.91 Å². The van der Waals surface area contributed by atoms with Crippen molar-refractivity contribution < 1.29 is 4.79 Å². The van der Waals surface area contributed by atoms with E-state index in [0.717, 1.165) is 25.9 Å². The van der Waals surface area contributed by atoms with E-state index >= 15 is 0 Å². The van der Waals surface area contributed by atoms with Crippen LogP contribution in [0.5, 0.6) is 0 Å². The van der Waals surface area contributed by atoms with Gasteiger partial charge >= 0.3 is 0 Å². The highest BCUT2D eigenvalue weighted by molar-refractivity contribution is 6.19. The number of amides is 1. The largest absolute Gasteiger partial charge is 0.342 e. The van der Waals surface area contributed by atoms with Crippen LogP contribution >= 0.6 is 11.6 Å². The Balaban J connectivity index is 4.12. The first-order valence-corrected chi connectivity index (χ1v) is 7.55. The fourth-order valence-electron chi connectivity index (χ4n) is 1.82. The number of alkyl halides is 1. The van der Waals surface area contributed by atoms with Crippen molar-refractivity contribution in [2.24, 2.45) is 5.92 Å². The van der Waals surface area contributed by atoms with Crippen molar-refractivity contribution in [1.82, 2.24) is 4.90 Å². The van der Waals surface area contributed by atoms with Gasteiger partial charge in [-0.3, -0.25) is 4.79 Å². The molecule has 0 aliphatic heterocycles. The minimum absolute atomic E-state index is 0.0417. The average molecular weight is 262 g/mol. The molecule has 0 saturated heterocycles. The molecule has 1 unspecified atom stereocenters. The van der Waals surface area contributed by atoms with E-state index in [-0.39, 0.29) is 11.8 Å². The van der Waals surface area contributed by atoms with Crippen molar-refractivity contribution in [1.29, 1.82) is 0 Å². The van der Waals surface area contributed by atoms with Crippen LogP contribution in [0.2, 0.25) is 0 Å². The predicted octanol–water partition coefficient (Wildman–Crippen LogP) is 4.07. The molecule has 0 aromatic carbocycles. The van der Waals surface area contributed by atoms with Crippen molar-refractivity contribution in [2.45, 2.75) is 59.3 Å². The van der Waals surface area contributed by atoms with Crippen LogP contribution < -0.4 is 0 Å². The second-order valence-corrected chi connectivity index (χ2v) is 5.10. The number of unbranched alkanes of at least 4 members (excludes halogenated alkanes) is 4. The van der Waals surface area contributed by atoms with Crippen molar-refractivity contribution in [3.63, 3.8) is 0 Å². The topological polar surface area (TPSA) is 20.3 Å². The van der Waals surface area contributed by atoms with Gasteiger partial charge < -0.3 is 4.90 Å². The molecule has 0 bridgehead atoms. The standard InChI is InChI=1S/C14H28ClNO/c1-4-6-8-10-16(11-9-7-5-2)14(17)13(3)12-15/h13H,4-12H2,1-3H3. The van der Waals surface area contributed by atoms with E-state index in [2.05, 4.69) is 13.8 Å². The maximum atomic E-state index is 12.1. The normalized spacial score (nSPS) is 12.5. The van der Waals surface area contributed by atoms with E-state index in [1.54, 1.807) is 0 Å². The minimum atomic E-state index is -0.0417. The van der Waals surface area contributed by atoms with Gasteiger partial charge in [0.1, 0.15) is 0 Å². The summed E-state index contributed by atoms with van der Waals surface area (Å²) in [5, 5.41) is 0. The van der Waals surface area contributed by atoms with Crippen LogP contribution in [0.3, 0.4) is 0 Å². The zero-order valence-electron chi connectivity index (χ0n) is 11.7. The second-order valence-electron chi connectivity index (χ2n) is 4.79. The second kappa shape index (κ2) is 10.9. The van der Waals surface area contributed by atoms with Gasteiger partial charge in [0.05, 0.1) is 0 Å². The van der Waals surface area contributed by atoms with Gasteiger partial charge in [-0.2, -0.15) is 0 Å². The molecule has 0 heterocycles. The molecular formula is C14H28ClNO. The van der Waals surface area contributed by atoms with Gasteiger partial charge in [-0.05, 0) is 12.8 Å². The van der Waals surface area contributed by atoms with Crippen LogP contribution in [0.4, 0.5) is 0 Å². The van der Waals surface area contributed by atoms with E-state index < -0.39 is 0 Å². The van der Waals surface area contributed by atoms with Crippen molar-refractivity contribution >= 4 is 17.5 Å². The Morgan fingerprint density at radius 2 is 1.53 bits per heavy atom. The molecule has 0 aliphatic rings. The maximum absolute atomic E-state index is 12.1. The molecular weight excluding hydrogens is 234 g/mol. The van der Waals surface area contributed by atoms with Crippen LogP contribution in [0.25, 0.3) is 0 Å². The molecule has 0 aromatic heterocycles. The van der Waals surface area contributed by atoms with Crippen molar-refractivity contribution in [2.75, 3.05) is 19.0 Å². The number of nitrogens with zero attached hydrogens (tertiary/aromatic N) is 1. The molecule has 17 heavy (non-hydrogen) atoms. The lowest BCUT2D eigenvalue weighted by atomic mass is 10.1. The van der Waals surface area contributed by atoms with E-state index in [4.69, 9.17) is 11.6 Å². The smallest absolute Gasteiger partial charge is 0.226 e. The van der Waals surface area contributed by atoms with Gasteiger partial charge in [-0.25, -0.2) is 0 Å². The predicted molar refractivity (Wildman–Crippen MR) is 75.5 cm³/mol. The summed E-state index contributed by atoms with van der Waals surface area (Å²) in [5.74, 6) is 0.615. The first-order valence-electron chi connectivity index (χ1n) is 7.02. The molecule has 0 radical (unpaired) electrons. The maximum Gasteiger partial charge on any atom is 0.226 e. The summed E-state index contributed by atoms with van der Waals surface area (Å²) in [4.78, 5) is 14.1. The molecule has 0 saturated carbocycles.